The monoisotopic (exact) mass is 388 g/mol. The molecule has 0 spiro atoms. The van der Waals surface area contributed by atoms with Crippen LogP contribution in [0.25, 0.3) is 11.8 Å². The quantitative estimate of drug-likeness (QED) is 0.605. The summed E-state index contributed by atoms with van der Waals surface area (Å²) in [5.41, 5.74) is 3.50. The van der Waals surface area contributed by atoms with E-state index in [-0.39, 0.29) is 17.7 Å². The fraction of sp³-hybridized carbons (Fsp3) is 0.174. The van der Waals surface area contributed by atoms with Crippen LogP contribution in [0, 0.1) is 5.92 Å². The van der Waals surface area contributed by atoms with Crippen LogP contribution in [0.15, 0.2) is 73.1 Å². The van der Waals surface area contributed by atoms with Gasteiger partial charge >= 0.3 is 0 Å². The molecule has 0 aliphatic rings. The van der Waals surface area contributed by atoms with Crippen LogP contribution in [-0.4, -0.2) is 21.6 Å². The Balaban J connectivity index is 1.50. The third-order valence-electron chi connectivity index (χ3n) is 4.26. The zero-order valence-corrected chi connectivity index (χ0v) is 16.5. The van der Waals surface area contributed by atoms with Gasteiger partial charge in [-0.3, -0.25) is 9.59 Å². The van der Waals surface area contributed by atoms with Crippen molar-refractivity contribution in [2.45, 2.75) is 20.4 Å². The number of rotatable bonds is 7. The molecule has 0 unspecified atom stereocenters. The second kappa shape index (κ2) is 9.50. The number of nitrogens with one attached hydrogen (secondary N) is 2. The molecule has 6 heteroatoms. The number of aromatic nitrogens is 2. The van der Waals surface area contributed by atoms with Crippen molar-refractivity contribution >= 4 is 23.6 Å². The standard InChI is InChI=1S/C23H24N4O2/c1-17(2)23(29)26-20-11-8-18(9-12-20)14-24-22(28)13-10-19-15-25-27(16-19)21-6-4-3-5-7-21/h3-13,15-17H,14H2,1-2H3,(H,24,28)(H,26,29)/b13-10+. The van der Waals surface area contributed by atoms with Crippen molar-refractivity contribution in [3.63, 3.8) is 0 Å². The van der Waals surface area contributed by atoms with E-state index in [1.165, 1.54) is 6.08 Å². The summed E-state index contributed by atoms with van der Waals surface area (Å²) in [6.45, 7) is 4.10. The summed E-state index contributed by atoms with van der Waals surface area (Å²) in [6.07, 6.45) is 6.79. The minimum absolute atomic E-state index is 0.0215. The number of carbonyl (C=O) groups excluding carboxylic acids is 2. The highest BCUT2D eigenvalue weighted by Gasteiger charge is 2.06. The Morgan fingerprint density at radius 1 is 1.07 bits per heavy atom. The third-order valence-corrected chi connectivity index (χ3v) is 4.26. The average Bonchev–Trinajstić information content (AvgIpc) is 3.21. The van der Waals surface area contributed by atoms with Gasteiger partial charge in [0.15, 0.2) is 0 Å². The van der Waals surface area contributed by atoms with Crippen LogP contribution < -0.4 is 10.6 Å². The first kappa shape index (κ1) is 20.1. The zero-order valence-electron chi connectivity index (χ0n) is 16.5. The Morgan fingerprint density at radius 2 is 1.79 bits per heavy atom. The van der Waals surface area contributed by atoms with E-state index < -0.39 is 0 Å². The summed E-state index contributed by atoms with van der Waals surface area (Å²) in [5.74, 6) is -0.276. The molecule has 3 rings (SSSR count). The summed E-state index contributed by atoms with van der Waals surface area (Å²) in [7, 11) is 0. The molecule has 148 valence electrons. The van der Waals surface area contributed by atoms with Gasteiger partial charge in [-0.2, -0.15) is 5.10 Å². The molecule has 3 aromatic rings. The fourth-order valence-electron chi connectivity index (χ4n) is 2.56. The topological polar surface area (TPSA) is 76.0 Å². The van der Waals surface area contributed by atoms with Gasteiger partial charge in [-0.15, -0.1) is 0 Å². The van der Waals surface area contributed by atoms with E-state index >= 15 is 0 Å². The van der Waals surface area contributed by atoms with Crippen molar-refractivity contribution < 1.29 is 9.59 Å². The van der Waals surface area contributed by atoms with Crippen LogP contribution in [-0.2, 0) is 16.1 Å². The Morgan fingerprint density at radius 3 is 2.48 bits per heavy atom. The lowest BCUT2D eigenvalue weighted by Crippen LogP contribution is -2.20. The fourth-order valence-corrected chi connectivity index (χ4v) is 2.56. The Bertz CT molecular complexity index is 989. The number of hydrogen-bond donors (Lipinski definition) is 2. The molecule has 6 nitrogen and oxygen atoms in total. The summed E-state index contributed by atoms with van der Waals surface area (Å²) in [4.78, 5) is 23.8. The van der Waals surface area contributed by atoms with Crippen molar-refractivity contribution in [1.29, 1.82) is 0 Å². The molecule has 0 fully saturated rings. The number of amides is 2. The molecule has 0 aliphatic heterocycles. The van der Waals surface area contributed by atoms with E-state index in [1.807, 2.05) is 74.6 Å². The van der Waals surface area contributed by atoms with Gasteiger partial charge < -0.3 is 10.6 Å². The van der Waals surface area contributed by atoms with Gasteiger partial charge in [-0.1, -0.05) is 44.2 Å². The molecule has 2 aromatic carbocycles. The molecular weight excluding hydrogens is 364 g/mol. The maximum absolute atomic E-state index is 12.1. The predicted molar refractivity (Wildman–Crippen MR) is 114 cm³/mol. The molecule has 0 bridgehead atoms. The number of nitrogens with zero attached hydrogens (tertiary/aromatic N) is 2. The molecule has 0 aliphatic carbocycles. The lowest BCUT2D eigenvalue weighted by atomic mass is 10.1. The van der Waals surface area contributed by atoms with Gasteiger partial charge in [-0.25, -0.2) is 4.68 Å². The highest BCUT2D eigenvalue weighted by molar-refractivity contribution is 5.92. The van der Waals surface area contributed by atoms with Gasteiger partial charge in [-0.05, 0) is 35.9 Å². The van der Waals surface area contributed by atoms with Crippen molar-refractivity contribution in [1.82, 2.24) is 15.1 Å². The molecule has 29 heavy (non-hydrogen) atoms. The predicted octanol–water partition coefficient (Wildman–Crippen LogP) is 3.80. The van der Waals surface area contributed by atoms with E-state index in [0.29, 0.717) is 6.54 Å². The van der Waals surface area contributed by atoms with E-state index in [9.17, 15) is 9.59 Å². The maximum Gasteiger partial charge on any atom is 0.244 e. The molecule has 2 N–H and O–H groups in total. The number of carbonyl (C=O) groups is 2. The lowest BCUT2D eigenvalue weighted by Gasteiger charge is -2.08. The molecule has 0 radical (unpaired) electrons. The summed E-state index contributed by atoms with van der Waals surface area (Å²) in [6, 6.07) is 17.2. The number of anilines is 1. The highest BCUT2D eigenvalue weighted by atomic mass is 16.2. The SMILES string of the molecule is CC(C)C(=O)Nc1ccc(CNC(=O)/C=C/c2cnn(-c3ccccc3)c2)cc1. The molecule has 2 amide bonds. The Labute approximate surface area is 170 Å². The zero-order chi connectivity index (χ0) is 20.6. The largest absolute Gasteiger partial charge is 0.348 e. The molecule has 0 saturated heterocycles. The number of para-hydroxylation sites is 1. The Hall–Kier alpha value is -3.67. The lowest BCUT2D eigenvalue weighted by molar-refractivity contribution is -0.119. The molecular formula is C23H24N4O2. The summed E-state index contributed by atoms with van der Waals surface area (Å²) in [5, 5.41) is 9.99. The van der Waals surface area contributed by atoms with Gasteiger partial charge in [0.25, 0.3) is 0 Å². The van der Waals surface area contributed by atoms with Crippen LogP contribution in [0.5, 0.6) is 0 Å². The van der Waals surface area contributed by atoms with Crippen LogP contribution in [0.4, 0.5) is 5.69 Å². The van der Waals surface area contributed by atoms with Gasteiger partial charge in [0, 0.05) is 36.0 Å². The van der Waals surface area contributed by atoms with Gasteiger partial charge in [0.1, 0.15) is 0 Å². The molecule has 1 aromatic heterocycles. The first-order valence-corrected chi connectivity index (χ1v) is 9.47. The first-order valence-electron chi connectivity index (χ1n) is 9.47. The third kappa shape index (κ3) is 5.90. The van der Waals surface area contributed by atoms with Crippen LogP contribution >= 0.6 is 0 Å². The number of benzene rings is 2. The van der Waals surface area contributed by atoms with Crippen LogP contribution in [0.3, 0.4) is 0 Å². The highest BCUT2D eigenvalue weighted by Crippen LogP contribution is 2.11. The summed E-state index contributed by atoms with van der Waals surface area (Å²) < 4.78 is 1.76. The van der Waals surface area contributed by atoms with Crippen molar-refractivity contribution in [2.75, 3.05) is 5.32 Å². The van der Waals surface area contributed by atoms with Crippen molar-refractivity contribution in [3.8, 4) is 5.69 Å². The van der Waals surface area contributed by atoms with Crippen LogP contribution in [0.2, 0.25) is 0 Å². The van der Waals surface area contributed by atoms with Crippen molar-refractivity contribution in [3.05, 3.63) is 84.2 Å². The average molecular weight is 388 g/mol. The first-order chi connectivity index (χ1) is 14.0. The minimum atomic E-state index is -0.186. The second-order valence-electron chi connectivity index (χ2n) is 6.95. The molecule has 1 heterocycles. The second-order valence-corrected chi connectivity index (χ2v) is 6.95. The molecule has 0 saturated carbocycles. The van der Waals surface area contributed by atoms with E-state index in [1.54, 1.807) is 17.0 Å². The normalized spacial score (nSPS) is 11.0. The maximum atomic E-state index is 12.1. The van der Waals surface area contributed by atoms with Crippen molar-refractivity contribution in [2.24, 2.45) is 5.92 Å². The van der Waals surface area contributed by atoms with Gasteiger partial charge in [0.05, 0.1) is 11.9 Å². The minimum Gasteiger partial charge on any atom is -0.348 e. The Kier molecular flexibility index (Phi) is 6.58. The van der Waals surface area contributed by atoms with E-state index in [0.717, 1.165) is 22.5 Å². The smallest absolute Gasteiger partial charge is 0.244 e. The molecule has 0 atom stereocenters. The summed E-state index contributed by atoms with van der Waals surface area (Å²) >= 11 is 0. The number of hydrogen-bond acceptors (Lipinski definition) is 3. The van der Waals surface area contributed by atoms with Gasteiger partial charge in [0.2, 0.25) is 11.8 Å². The van der Waals surface area contributed by atoms with E-state index in [4.69, 9.17) is 0 Å². The van der Waals surface area contributed by atoms with E-state index in [2.05, 4.69) is 15.7 Å². The van der Waals surface area contributed by atoms with Crippen LogP contribution in [0.1, 0.15) is 25.0 Å².